The molecular weight excluding hydrogens is 210 g/mol. The maximum absolute atomic E-state index is 9.08. The molecule has 0 N–H and O–H groups in total. The first-order valence-electron chi connectivity index (χ1n) is 5.08. The molecule has 0 bridgehead atoms. The molecule has 0 heterocycles. The SMILES string of the molecule is C=CC(C#N)N(c1[c]cccc1)C(C#N)C=C. The van der Waals surface area contributed by atoms with Crippen molar-refractivity contribution in [3.8, 4) is 12.1 Å². The largest absolute Gasteiger partial charge is 0.332 e. The minimum atomic E-state index is -0.587. The van der Waals surface area contributed by atoms with Crippen LogP contribution in [-0.4, -0.2) is 12.1 Å². The number of para-hydroxylation sites is 1. The summed E-state index contributed by atoms with van der Waals surface area (Å²) in [5.74, 6) is 0. The van der Waals surface area contributed by atoms with Crippen molar-refractivity contribution in [3.05, 3.63) is 55.6 Å². The zero-order valence-corrected chi connectivity index (χ0v) is 9.37. The van der Waals surface area contributed by atoms with E-state index >= 15 is 0 Å². The first-order valence-corrected chi connectivity index (χ1v) is 5.08. The highest BCUT2D eigenvalue weighted by atomic mass is 15.2. The van der Waals surface area contributed by atoms with Crippen molar-refractivity contribution in [2.24, 2.45) is 0 Å². The minimum Gasteiger partial charge on any atom is -0.332 e. The van der Waals surface area contributed by atoms with Crippen molar-refractivity contribution < 1.29 is 0 Å². The van der Waals surface area contributed by atoms with E-state index in [2.05, 4.69) is 31.4 Å². The highest BCUT2D eigenvalue weighted by Crippen LogP contribution is 2.19. The van der Waals surface area contributed by atoms with Gasteiger partial charge in [-0.1, -0.05) is 43.5 Å². The van der Waals surface area contributed by atoms with Gasteiger partial charge in [-0.3, -0.25) is 0 Å². The molecule has 0 saturated heterocycles. The number of hydrogen-bond acceptors (Lipinski definition) is 3. The van der Waals surface area contributed by atoms with Gasteiger partial charge in [0.1, 0.15) is 12.1 Å². The van der Waals surface area contributed by atoms with Gasteiger partial charge < -0.3 is 4.90 Å². The third-order valence-corrected chi connectivity index (χ3v) is 2.28. The van der Waals surface area contributed by atoms with Crippen LogP contribution in [0.5, 0.6) is 0 Å². The molecule has 0 amide bonds. The Hall–Kier alpha value is -2.52. The number of anilines is 1. The lowest BCUT2D eigenvalue weighted by atomic mass is 10.1. The summed E-state index contributed by atoms with van der Waals surface area (Å²) in [5, 5.41) is 18.2. The first-order chi connectivity index (χ1) is 8.28. The van der Waals surface area contributed by atoms with Crippen LogP contribution in [0, 0.1) is 28.7 Å². The molecule has 1 aromatic rings. The van der Waals surface area contributed by atoms with E-state index in [4.69, 9.17) is 10.5 Å². The molecule has 3 nitrogen and oxygen atoms in total. The van der Waals surface area contributed by atoms with Crippen LogP contribution in [0.2, 0.25) is 0 Å². The predicted octanol–water partition coefficient (Wildman–Crippen LogP) is 2.45. The summed E-state index contributed by atoms with van der Waals surface area (Å²) in [5.41, 5.74) is 0.672. The Morgan fingerprint density at radius 1 is 1.18 bits per heavy atom. The Labute approximate surface area is 102 Å². The van der Waals surface area contributed by atoms with Crippen molar-refractivity contribution in [3.63, 3.8) is 0 Å². The summed E-state index contributed by atoms with van der Waals surface area (Å²) in [4.78, 5) is 1.62. The number of nitriles is 2. The number of nitrogens with zero attached hydrogens (tertiary/aromatic N) is 3. The lowest BCUT2D eigenvalue weighted by Crippen LogP contribution is -2.40. The molecule has 1 rings (SSSR count). The molecule has 3 heteroatoms. The van der Waals surface area contributed by atoms with Crippen LogP contribution in [0.15, 0.2) is 49.6 Å². The molecule has 0 aromatic heterocycles. The quantitative estimate of drug-likeness (QED) is 0.719. The summed E-state index contributed by atoms with van der Waals surface area (Å²) in [6.45, 7) is 7.21. The van der Waals surface area contributed by atoms with E-state index in [1.54, 1.807) is 17.0 Å². The Bertz CT molecular complexity index is 438. The molecule has 0 saturated carbocycles. The van der Waals surface area contributed by atoms with Gasteiger partial charge >= 0.3 is 0 Å². The van der Waals surface area contributed by atoms with E-state index in [1.807, 2.05) is 12.1 Å². The fraction of sp³-hybridized carbons (Fsp3) is 0.143. The fourth-order valence-electron chi connectivity index (χ4n) is 1.47. The number of benzene rings is 1. The highest BCUT2D eigenvalue weighted by molar-refractivity contribution is 5.52. The van der Waals surface area contributed by atoms with E-state index < -0.39 is 12.1 Å². The summed E-state index contributed by atoms with van der Waals surface area (Å²) in [6.07, 6.45) is 2.99. The molecule has 83 valence electrons. The fourth-order valence-corrected chi connectivity index (χ4v) is 1.47. The van der Waals surface area contributed by atoms with Crippen molar-refractivity contribution in [1.82, 2.24) is 0 Å². The van der Waals surface area contributed by atoms with Gasteiger partial charge in [0.05, 0.1) is 12.1 Å². The van der Waals surface area contributed by atoms with Crippen LogP contribution in [-0.2, 0) is 0 Å². The molecule has 1 radical (unpaired) electrons. The Morgan fingerprint density at radius 3 is 2.12 bits per heavy atom. The van der Waals surface area contributed by atoms with Crippen LogP contribution in [0.25, 0.3) is 0 Å². The van der Waals surface area contributed by atoms with Crippen molar-refractivity contribution in [1.29, 1.82) is 10.5 Å². The second-order valence-electron chi connectivity index (χ2n) is 3.27. The summed E-state index contributed by atoms with van der Waals surface area (Å²) in [6, 6.07) is 13.2. The average Bonchev–Trinajstić information content (AvgIpc) is 2.40. The second-order valence-corrected chi connectivity index (χ2v) is 3.27. The number of rotatable bonds is 5. The predicted molar refractivity (Wildman–Crippen MR) is 67.0 cm³/mol. The molecule has 2 unspecified atom stereocenters. The summed E-state index contributed by atoms with van der Waals surface area (Å²) in [7, 11) is 0. The molecule has 17 heavy (non-hydrogen) atoms. The molecule has 1 aromatic carbocycles. The lowest BCUT2D eigenvalue weighted by Gasteiger charge is -2.29. The average molecular weight is 222 g/mol. The van der Waals surface area contributed by atoms with Crippen LogP contribution in [0.3, 0.4) is 0 Å². The van der Waals surface area contributed by atoms with E-state index in [9.17, 15) is 0 Å². The molecule has 2 atom stereocenters. The van der Waals surface area contributed by atoms with E-state index in [-0.39, 0.29) is 0 Å². The minimum absolute atomic E-state index is 0.587. The Kier molecular flexibility index (Phi) is 4.54. The van der Waals surface area contributed by atoms with Crippen LogP contribution < -0.4 is 4.90 Å². The van der Waals surface area contributed by atoms with Gasteiger partial charge in [-0.05, 0) is 6.07 Å². The third kappa shape index (κ3) is 2.74. The normalized spacial score (nSPS) is 12.6. The van der Waals surface area contributed by atoms with Gasteiger partial charge in [-0.25, -0.2) is 0 Å². The van der Waals surface area contributed by atoms with Crippen LogP contribution in [0.1, 0.15) is 0 Å². The third-order valence-electron chi connectivity index (χ3n) is 2.28. The van der Waals surface area contributed by atoms with Gasteiger partial charge in [-0.15, -0.1) is 0 Å². The van der Waals surface area contributed by atoms with Crippen LogP contribution in [0.4, 0.5) is 5.69 Å². The van der Waals surface area contributed by atoms with Gasteiger partial charge in [0, 0.05) is 11.8 Å². The van der Waals surface area contributed by atoms with Gasteiger partial charge in [-0.2, -0.15) is 10.5 Å². The zero-order valence-electron chi connectivity index (χ0n) is 9.37. The van der Waals surface area contributed by atoms with Crippen LogP contribution >= 0.6 is 0 Å². The van der Waals surface area contributed by atoms with E-state index in [0.29, 0.717) is 5.69 Å². The van der Waals surface area contributed by atoms with Gasteiger partial charge in [0.15, 0.2) is 0 Å². The zero-order chi connectivity index (χ0) is 12.7. The maximum atomic E-state index is 9.08. The molecule has 0 aliphatic carbocycles. The molecular formula is C14H12N3. The van der Waals surface area contributed by atoms with E-state index in [0.717, 1.165) is 0 Å². The molecule has 0 aliphatic rings. The van der Waals surface area contributed by atoms with Crippen molar-refractivity contribution in [2.75, 3.05) is 4.90 Å². The van der Waals surface area contributed by atoms with Gasteiger partial charge in [0.25, 0.3) is 0 Å². The smallest absolute Gasteiger partial charge is 0.136 e. The molecule has 0 aliphatic heterocycles. The molecule has 0 fully saturated rings. The topological polar surface area (TPSA) is 50.8 Å². The summed E-state index contributed by atoms with van der Waals surface area (Å²) >= 11 is 0. The standard InChI is InChI=1S/C14H12N3/c1-3-12(10-15)17(13(4-2)11-16)14-8-6-5-7-9-14/h3-8,12-13H,1-2H2. The highest BCUT2D eigenvalue weighted by Gasteiger charge is 2.22. The first kappa shape index (κ1) is 12.5. The van der Waals surface area contributed by atoms with E-state index in [1.165, 1.54) is 12.2 Å². The Morgan fingerprint density at radius 2 is 1.76 bits per heavy atom. The second kappa shape index (κ2) is 6.15. The molecule has 0 spiro atoms. The lowest BCUT2D eigenvalue weighted by molar-refractivity contribution is 0.779. The number of hydrogen-bond donors (Lipinski definition) is 0. The Balaban J connectivity index is 3.21. The monoisotopic (exact) mass is 222 g/mol. The maximum Gasteiger partial charge on any atom is 0.136 e. The van der Waals surface area contributed by atoms with Crippen molar-refractivity contribution >= 4 is 5.69 Å². The van der Waals surface area contributed by atoms with Gasteiger partial charge in [0.2, 0.25) is 0 Å². The summed E-state index contributed by atoms with van der Waals surface area (Å²) < 4.78 is 0. The van der Waals surface area contributed by atoms with Crippen molar-refractivity contribution in [2.45, 2.75) is 12.1 Å².